The fourth-order valence-electron chi connectivity index (χ4n) is 2.40. The van der Waals surface area contributed by atoms with Gasteiger partial charge in [-0.3, -0.25) is 0 Å². The van der Waals surface area contributed by atoms with Crippen LogP contribution in [0.4, 0.5) is 5.82 Å². The largest absolute Gasteiger partial charge is 0.383 e. The Morgan fingerprint density at radius 2 is 1.79 bits per heavy atom. The van der Waals surface area contributed by atoms with Gasteiger partial charge < -0.3 is 5.73 Å². The Hall–Kier alpha value is -2.78. The summed E-state index contributed by atoms with van der Waals surface area (Å²) >= 11 is 0.959. The van der Waals surface area contributed by atoms with Crippen LogP contribution in [0.1, 0.15) is 0 Å². The second kappa shape index (κ2) is 5.39. The number of aromatic nitrogens is 4. The van der Waals surface area contributed by atoms with Crippen molar-refractivity contribution in [3.05, 3.63) is 54.6 Å². The number of benzene rings is 2. The lowest BCUT2D eigenvalue weighted by Crippen LogP contribution is -2.17. The van der Waals surface area contributed by atoms with Crippen LogP contribution in [0.2, 0.25) is 0 Å². The van der Waals surface area contributed by atoms with E-state index in [4.69, 9.17) is 5.73 Å². The summed E-state index contributed by atoms with van der Waals surface area (Å²) in [6.07, 6.45) is 0. The summed E-state index contributed by atoms with van der Waals surface area (Å²) < 4.78 is 34.9. The second-order valence-corrected chi connectivity index (χ2v) is 7.32. The molecule has 0 unspecified atom stereocenters. The zero-order valence-electron chi connectivity index (χ0n) is 12.2. The SMILES string of the molecule is Nc1cc(-c2ccccc2)nn1S(=O)(=O)c1cccc2nsnc12. The molecule has 4 rings (SSSR count). The molecule has 2 heterocycles. The van der Waals surface area contributed by atoms with Crippen LogP contribution in [0.3, 0.4) is 0 Å². The number of anilines is 1. The van der Waals surface area contributed by atoms with Gasteiger partial charge in [-0.05, 0) is 12.1 Å². The van der Waals surface area contributed by atoms with Crippen LogP contribution >= 0.6 is 11.7 Å². The minimum Gasteiger partial charge on any atom is -0.383 e. The molecule has 24 heavy (non-hydrogen) atoms. The van der Waals surface area contributed by atoms with E-state index in [9.17, 15) is 8.42 Å². The Balaban J connectivity index is 1.89. The van der Waals surface area contributed by atoms with E-state index in [-0.39, 0.29) is 10.7 Å². The monoisotopic (exact) mass is 357 g/mol. The van der Waals surface area contributed by atoms with Crippen LogP contribution in [0.15, 0.2) is 59.5 Å². The first-order valence-electron chi connectivity index (χ1n) is 6.95. The predicted octanol–water partition coefficient (Wildman–Crippen LogP) is 2.37. The maximum Gasteiger partial charge on any atom is 0.287 e. The van der Waals surface area contributed by atoms with Gasteiger partial charge in [0.25, 0.3) is 10.0 Å². The molecule has 0 amide bonds. The smallest absolute Gasteiger partial charge is 0.287 e. The number of hydrogen-bond donors (Lipinski definition) is 1. The summed E-state index contributed by atoms with van der Waals surface area (Å²) in [4.78, 5) is 0.0307. The summed E-state index contributed by atoms with van der Waals surface area (Å²) in [6, 6.07) is 15.6. The molecular formula is C15H11N5O2S2. The van der Waals surface area contributed by atoms with Gasteiger partial charge in [-0.25, -0.2) is 0 Å². The summed E-state index contributed by atoms with van der Waals surface area (Å²) in [5, 5.41) is 4.18. The average Bonchev–Trinajstić information content (AvgIpc) is 3.21. The standard InChI is InChI=1S/C15H11N5O2S2/c16-14-9-12(10-5-2-1-3-6-10)17-20(14)24(21,22)13-8-4-7-11-15(13)19-23-18-11/h1-9H,16H2. The number of rotatable bonds is 3. The Morgan fingerprint density at radius 1 is 1.00 bits per heavy atom. The number of hydrogen-bond acceptors (Lipinski definition) is 7. The van der Waals surface area contributed by atoms with Crippen LogP contribution in [0.25, 0.3) is 22.3 Å². The molecule has 0 radical (unpaired) electrons. The van der Waals surface area contributed by atoms with Gasteiger partial charge in [-0.15, -0.1) is 4.09 Å². The van der Waals surface area contributed by atoms with E-state index in [1.807, 2.05) is 30.3 Å². The second-order valence-electron chi connectivity index (χ2n) is 5.06. The van der Waals surface area contributed by atoms with Gasteiger partial charge in [-0.2, -0.15) is 22.3 Å². The molecule has 0 bridgehead atoms. The van der Waals surface area contributed by atoms with Crippen molar-refractivity contribution in [1.29, 1.82) is 0 Å². The van der Waals surface area contributed by atoms with Gasteiger partial charge >= 0.3 is 0 Å². The van der Waals surface area contributed by atoms with E-state index in [1.165, 1.54) is 12.1 Å². The molecule has 0 aliphatic heterocycles. The lowest BCUT2D eigenvalue weighted by atomic mass is 10.2. The number of nitrogen functional groups attached to an aromatic ring is 1. The first-order valence-corrected chi connectivity index (χ1v) is 9.12. The number of nitrogens with zero attached hydrogens (tertiary/aromatic N) is 4. The van der Waals surface area contributed by atoms with Crippen LogP contribution in [0.5, 0.6) is 0 Å². The Labute approximate surface area is 141 Å². The van der Waals surface area contributed by atoms with Crippen molar-refractivity contribution in [2.45, 2.75) is 4.90 Å². The number of nitrogens with two attached hydrogens (primary N) is 1. The number of fused-ring (bicyclic) bond motifs is 1. The Kier molecular flexibility index (Phi) is 3.32. The fraction of sp³-hybridized carbons (Fsp3) is 0. The van der Waals surface area contributed by atoms with Crippen LogP contribution in [0, 0.1) is 0 Å². The highest BCUT2D eigenvalue weighted by Crippen LogP contribution is 2.27. The van der Waals surface area contributed by atoms with Gasteiger partial charge in [0.1, 0.15) is 21.7 Å². The van der Waals surface area contributed by atoms with Gasteiger partial charge in [0.2, 0.25) is 0 Å². The van der Waals surface area contributed by atoms with Gasteiger partial charge in [0, 0.05) is 11.6 Å². The van der Waals surface area contributed by atoms with Crippen LogP contribution in [-0.4, -0.2) is 26.4 Å². The van der Waals surface area contributed by atoms with E-state index in [0.717, 1.165) is 21.4 Å². The van der Waals surface area contributed by atoms with Crippen molar-refractivity contribution < 1.29 is 8.42 Å². The molecule has 0 saturated carbocycles. The first-order chi connectivity index (χ1) is 11.6. The molecule has 0 spiro atoms. The van der Waals surface area contributed by atoms with Gasteiger partial charge in [0.15, 0.2) is 0 Å². The van der Waals surface area contributed by atoms with E-state index >= 15 is 0 Å². The molecule has 0 aliphatic carbocycles. The van der Waals surface area contributed by atoms with E-state index in [1.54, 1.807) is 12.1 Å². The molecule has 4 aromatic rings. The minimum absolute atomic E-state index is 0.0307. The molecule has 7 nitrogen and oxygen atoms in total. The van der Waals surface area contributed by atoms with Crippen molar-refractivity contribution in [2.24, 2.45) is 0 Å². The van der Waals surface area contributed by atoms with E-state index in [0.29, 0.717) is 16.7 Å². The highest BCUT2D eigenvalue weighted by atomic mass is 32.2. The third-order valence-corrected chi connectivity index (χ3v) is 5.70. The molecule has 9 heteroatoms. The van der Waals surface area contributed by atoms with E-state index < -0.39 is 10.0 Å². The molecule has 0 fully saturated rings. The van der Waals surface area contributed by atoms with Crippen LogP contribution in [-0.2, 0) is 10.0 Å². The highest BCUT2D eigenvalue weighted by molar-refractivity contribution is 7.90. The molecule has 2 N–H and O–H groups in total. The molecule has 120 valence electrons. The van der Waals surface area contributed by atoms with Crippen molar-refractivity contribution in [2.75, 3.05) is 5.73 Å². The summed E-state index contributed by atoms with van der Waals surface area (Å²) in [5.41, 5.74) is 8.02. The fourth-order valence-corrected chi connectivity index (χ4v) is 4.37. The minimum atomic E-state index is -3.97. The predicted molar refractivity (Wildman–Crippen MR) is 92.1 cm³/mol. The topological polar surface area (TPSA) is 104 Å². The van der Waals surface area contributed by atoms with Crippen LogP contribution < -0.4 is 5.73 Å². The molecule has 2 aromatic heterocycles. The van der Waals surface area contributed by atoms with Crippen molar-refractivity contribution >= 4 is 38.6 Å². The van der Waals surface area contributed by atoms with Crippen molar-refractivity contribution in [3.8, 4) is 11.3 Å². The molecule has 2 aromatic carbocycles. The summed E-state index contributed by atoms with van der Waals surface area (Å²) in [7, 11) is -3.97. The highest BCUT2D eigenvalue weighted by Gasteiger charge is 2.25. The third-order valence-electron chi connectivity index (χ3n) is 3.53. The zero-order valence-corrected chi connectivity index (χ0v) is 13.8. The van der Waals surface area contributed by atoms with Crippen molar-refractivity contribution in [1.82, 2.24) is 17.9 Å². The summed E-state index contributed by atoms with van der Waals surface area (Å²) in [5.74, 6) is 0.0362. The molecule has 0 saturated heterocycles. The summed E-state index contributed by atoms with van der Waals surface area (Å²) in [6.45, 7) is 0. The van der Waals surface area contributed by atoms with Gasteiger partial charge in [-0.1, -0.05) is 36.4 Å². The maximum absolute atomic E-state index is 13.0. The Morgan fingerprint density at radius 3 is 2.58 bits per heavy atom. The quantitative estimate of drug-likeness (QED) is 0.604. The van der Waals surface area contributed by atoms with Gasteiger partial charge in [0.05, 0.1) is 17.4 Å². The van der Waals surface area contributed by atoms with Crippen molar-refractivity contribution in [3.63, 3.8) is 0 Å². The molecular weight excluding hydrogens is 346 g/mol. The zero-order chi connectivity index (χ0) is 16.7. The third kappa shape index (κ3) is 2.25. The molecule has 0 atom stereocenters. The maximum atomic E-state index is 13.0. The Bertz CT molecular complexity index is 1130. The first kappa shape index (κ1) is 14.8. The lowest BCUT2D eigenvalue weighted by molar-refractivity contribution is 0.582. The van der Waals surface area contributed by atoms with E-state index in [2.05, 4.69) is 13.8 Å². The molecule has 0 aliphatic rings. The lowest BCUT2D eigenvalue weighted by Gasteiger charge is -2.06. The average molecular weight is 357 g/mol. The normalized spacial score (nSPS) is 11.8.